The van der Waals surface area contributed by atoms with Crippen LogP contribution >= 0.6 is 0 Å². The predicted molar refractivity (Wildman–Crippen MR) is 92.1 cm³/mol. The number of phenolic OH excluding ortho intramolecular Hbond substituents is 2. The molecule has 0 amide bonds. The van der Waals surface area contributed by atoms with E-state index >= 15 is 0 Å². The van der Waals surface area contributed by atoms with Crippen LogP contribution in [0.25, 0.3) is 22.3 Å². The summed E-state index contributed by atoms with van der Waals surface area (Å²) >= 11 is -2.84. The summed E-state index contributed by atoms with van der Waals surface area (Å²) in [7, 11) is 1.41. The minimum Gasteiger partial charge on any atom is -0.740 e. The zero-order valence-electron chi connectivity index (χ0n) is 14.6. The van der Waals surface area contributed by atoms with Gasteiger partial charge in [-0.3, -0.25) is 4.79 Å². The monoisotopic (exact) mass is 400 g/mol. The summed E-state index contributed by atoms with van der Waals surface area (Å²) in [5.41, 5.74) is 0.193. The molecule has 27 heavy (non-hydrogen) atoms. The van der Waals surface area contributed by atoms with E-state index in [-0.39, 0.29) is 63.3 Å². The predicted octanol–water partition coefficient (Wildman–Crippen LogP) is -0.635. The Morgan fingerprint density at radius 2 is 1.85 bits per heavy atom. The summed E-state index contributed by atoms with van der Waals surface area (Å²) in [6, 6.07) is 6.63. The van der Waals surface area contributed by atoms with Crippen molar-refractivity contribution in [1.29, 1.82) is 0 Å². The smallest absolute Gasteiger partial charge is 0.740 e. The zero-order chi connectivity index (χ0) is 19.0. The van der Waals surface area contributed by atoms with Gasteiger partial charge in [-0.05, 0) is 25.1 Å². The van der Waals surface area contributed by atoms with Gasteiger partial charge < -0.3 is 28.1 Å². The van der Waals surface area contributed by atoms with Crippen molar-refractivity contribution in [3.63, 3.8) is 0 Å². The van der Waals surface area contributed by atoms with E-state index in [4.69, 9.17) is 9.15 Å². The standard InChI is InChI=1S/C17H14O8S.Na/c1-8-16(20)15-12(19)6-10(23-2)7-14(15)24-17(8)9-3-4-13(11(18)5-9)25-26(21)22;/h3-7,18-19H,1-2H3,(H,21,22);/q;+1/p-1. The van der Waals surface area contributed by atoms with Crippen LogP contribution in [0.1, 0.15) is 5.56 Å². The fourth-order valence-corrected chi connectivity index (χ4v) is 2.85. The van der Waals surface area contributed by atoms with Crippen molar-refractivity contribution in [1.82, 2.24) is 0 Å². The minimum atomic E-state index is -2.84. The number of ether oxygens (including phenoxy) is 1. The van der Waals surface area contributed by atoms with Crippen LogP contribution in [-0.2, 0) is 11.4 Å². The molecule has 1 unspecified atom stereocenters. The van der Waals surface area contributed by atoms with Crippen LogP contribution < -0.4 is 43.9 Å². The first-order valence-corrected chi connectivity index (χ1v) is 8.27. The number of methoxy groups -OCH3 is 1. The van der Waals surface area contributed by atoms with Gasteiger partial charge in [0.25, 0.3) is 0 Å². The largest absolute Gasteiger partial charge is 1.00 e. The first-order valence-electron chi connectivity index (χ1n) is 7.27. The molecule has 0 saturated carbocycles. The molecule has 0 radical (unpaired) electrons. The van der Waals surface area contributed by atoms with Crippen LogP contribution in [0, 0.1) is 6.92 Å². The van der Waals surface area contributed by atoms with E-state index in [0.717, 1.165) is 0 Å². The molecule has 0 bridgehead atoms. The zero-order valence-corrected chi connectivity index (χ0v) is 17.5. The van der Waals surface area contributed by atoms with Gasteiger partial charge in [0.1, 0.15) is 39.6 Å². The average molecular weight is 400 g/mol. The fraction of sp³-hybridized carbons (Fsp3) is 0.118. The summed E-state index contributed by atoms with van der Waals surface area (Å²) < 4.78 is 36.4. The van der Waals surface area contributed by atoms with Crippen molar-refractivity contribution in [3.05, 3.63) is 46.1 Å². The third-order valence-electron chi connectivity index (χ3n) is 3.79. The number of hydrogen-bond donors (Lipinski definition) is 2. The van der Waals surface area contributed by atoms with Crippen LogP contribution in [0.4, 0.5) is 0 Å². The molecule has 3 rings (SSSR count). The number of aromatic hydroxyl groups is 2. The number of rotatable bonds is 4. The van der Waals surface area contributed by atoms with E-state index in [1.54, 1.807) is 0 Å². The second kappa shape index (κ2) is 8.32. The van der Waals surface area contributed by atoms with Gasteiger partial charge >= 0.3 is 29.6 Å². The van der Waals surface area contributed by atoms with Crippen LogP contribution in [0.2, 0.25) is 0 Å². The molecule has 0 aliphatic rings. The molecule has 2 N–H and O–H groups in total. The molecular weight excluding hydrogens is 387 g/mol. The molecule has 0 spiro atoms. The van der Waals surface area contributed by atoms with E-state index in [1.165, 1.54) is 44.4 Å². The molecule has 0 fully saturated rings. The molecule has 3 aromatic rings. The maximum absolute atomic E-state index is 12.6. The third-order valence-corrected chi connectivity index (χ3v) is 4.11. The van der Waals surface area contributed by atoms with E-state index in [0.29, 0.717) is 11.3 Å². The summed E-state index contributed by atoms with van der Waals surface area (Å²) in [5.74, 6) is -0.519. The van der Waals surface area contributed by atoms with Crippen LogP contribution in [0.15, 0.2) is 39.5 Å². The number of phenols is 2. The molecule has 1 atom stereocenters. The van der Waals surface area contributed by atoms with E-state index in [2.05, 4.69) is 4.18 Å². The van der Waals surface area contributed by atoms with Crippen molar-refractivity contribution < 1.29 is 61.9 Å². The molecule has 0 saturated heterocycles. The van der Waals surface area contributed by atoms with Crippen LogP contribution in [0.3, 0.4) is 0 Å². The molecule has 0 aliphatic heterocycles. The first-order chi connectivity index (χ1) is 12.3. The normalized spacial score (nSPS) is 11.7. The van der Waals surface area contributed by atoms with Crippen LogP contribution in [-0.4, -0.2) is 26.1 Å². The molecular formula is C17H13NaO8S. The molecule has 2 aromatic carbocycles. The quantitative estimate of drug-likeness (QED) is 0.437. The van der Waals surface area contributed by atoms with Crippen molar-refractivity contribution in [2.45, 2.75) is 6.92 Å². The number of hydrogen-bond acceptors (Lipinski definition) is 8. The molecule has 136 valence electrons. The average Bonchev–Trinajstić information content (AvgIpc) is 2.59. The fourth-order valence-electron chi connectivity index (χ4n) is 2.56. The maximum atomic E-state index is 12.6. The van der Waals surface area contributed by atoms with Gasteiger partial charge in [0.05, 0.1) is 7.11 Å². The Morgan fingerprint density at radius 3 is 2.44 bits per heavy atom. The third kappa shape index (κ3) is 4.12. The summed E-state index contributed by atoms with van der Waals surface area (Å²) in [6.45, 7) is 1.51. The van der Waals surface area contributed by atoms with E-state index in [9.17, 15) is 23.8 Å². The van der Waals surface area contributed by atoms with Crippen molar-refractivity contribution >= 4 is 22.3 Å². The Kier molecular flexibility index (Phi) is 6.55. The van der Waals surface area contributed by atoms with Crippen molar-refractivity contribution in [2.75, 3.05) is 7.11 Å². The Labute approximate surface area is 178 Å². The first kappa shape index (κ1) is 21.3. The summed E-state index contributed by atoms with van der Waals surface area (Å²) in [5, 5.41) is 20.0. The maximum Gasteiger partial charge on any atom is 1.00 e. The molecule has 0 aliphatic carbocycles. The van der Waals surface area contributed by atoms with Crippen molar-refractivity contribution in [2.24, 2.45) is 0 Å². The Morgan fingerprint density at radius 1 is 1.15 bits per heavy atom. The molecule has 10 heteroatoms. The topological polar surface area (TPSA) is 129 Å². The molecule has 8 nitrogen and oxygen atoms in total. The SMILES string of the molecule is COc1cc(O)c2c(=O)c(C)c(-c3ccc(OS(=O)[O-])c(O)c3)oc2c1.[Na+]. The number of fused-ring (bicyclic) bond motifs is 1. The van der Waals surface area contributed by atoms with Gasteiger partial charge in [-0.1, -0.05) is 0 Å². The van der Waals surface area contributed by atoms with E-state index in [1.807, 2.05) is 0 Å². The van der Waals surface area contributed by atoms with Gasteiger partial charge in [-0.25, -0.2) is 4.21 Å². The summed E-state index contributed by atoms with van der Waals surface area (Å²) in [4.78, 5) is 12.6. The van der Waals surface area contributed by atoms with Gasteiger partial charge in [-0.2, -0.15) is 0 Å². The second-order valence-corrected chi connectivity index (χ2v) is 5.95. The van der Waals surface area contributed by atoms with Crippen molar-refractivity contribution in [3.8, 4) is 34.3 Å². The van der Waals surface area contributed by atoms with Gasteiger partial charge in [0.15, 0.2) is 16.9 Å². The van der Waals surface area contributed by atoms with E-state index < -0.39 is 22.5 Å². The van der Waals surface area contributed by atoms with Gasteiger partial charge in [-0.15, -0.1) is 0 Å². The molecule has 1 aromatic heterocycles. The Hall–Kier alpha value is -2.04. The Bertz CT molecular complexity index is 1090. The van der Waals surface area contributed by atoms with Gasteiger partial charge in [0, 0.05) is 23.3 Å². The molecule has 1 heterocycles. The van der Waals surface area contributed by atoms with Gasteiger partial charge in [0.2, 0.25) is 0 Å². The Balaban J connectivity index is 0.00000261. The van der Waals surface area contributed by atoms with Crippen LogP contribution in [0.5, 0.6) is 23.0 Å². The summed E-state index contributed by atoms with van der Waals surface area (Å²) in [6.07, 6.45) is 0. The number of benzene rings is 2. The second-order valence-electron chi connectivity index (χ2n) is 5.37. The minimum absolute atomic E-state index is 0.